The van der Waals surface area contributed by atoms with E-state index in [4.69, 9.17) is 16.6 Å². The zero-order chi connectivity index (χ0) is 19.7. The van der Waals surface area contributed by atoms with Crippen molar-refractivity contribution in [3.63, 3.8) is 0 Å². The molecular formula is C19H22ClN5OS2. The predicted molar refractivity (Wildman–Crippen MR) is 114 cm³/mol. The molecule has 9 heteroatoms. The highest BCUT2D eigenvalue weighted by atomic mass is 35.5. The van der Waals surface area contributed by atoms with E-state index in [-0.39, 0.29) is 11.9 Å². The Hall–Kier alpha value is -1.64. The molecule has 0 spiro atoms. The standard InChI is InChI=1S/C19H22ClN5OS2/c1-12(2)25-11-21-23-19(25)27-10-17(26)24-7-5-13(6-8-24)18-22-15-9-14(20)3-4-16(15)28-18/h3-4,9,11-13H,5-8,10H2,1-2H3. The molecule has 28 heavy (non-hydrogen) atoms. The number of carbonyl (C=O) groups is 1. The van der Waals surface area contributed by atoms with Crippen molar-refractivity contribution >= 4 is 50.8 Å². The Labute approximate surface area is 177 Å². The van der Waals surface area contributed by atoms with E-state index in [2.05, 4.69) is 24.0 Å². The SMILES string of the molecule is CC(C)n1cnnc1SCC(=O)N1CCC(c2nc3cc(Cl)ccc3s2)CC1. The van der Waals surface area contributed by atoms with Gasteiger partial charge >= 0.3 is 0 Å². The number of thioether (sulfide) groups is 1. The van der Waals surface area contributed by atoms with Gasteiger partial charge in [-0.25, -0.2) is 4.98 Å². The maximum atomic E-state index is 12.6. The van der Waals surface area contributed by atoms with Crippen LogP contribution in [0.3, 0.4) is 0 Å². The third-order valence-corrected chi connectivity index (χ3v) is 7.36. The van der Waals surface area contributed by atoms with Crippen LogP contribution in [-0.4, -0.2) is 49.4 Å². The molecule has 1 amide bonds. The number of carbonyl (C=O) groups excluding carboxylic acids is 1. The van der Waals surface area contributed by atoms with Crippen LogP contribution in [0, 0.1) is 0 Å². The number of aromatic nitrogens is 4. The second-order valence-electron chi connectivity index (χ2n) is 7.22. The zero-order valence-corrected chi connectivity index (χ0v) is 18.2. The van der Waals surface area contributed by atoms with Crippen molar-refractivity contribution in [1.29, 1.82) is 0 Å². The minimum absolute atomic E-state index is 0.165. The van der Waals surface area contributed by atoms with E-state index in [1.807, 2.05) is 27.7 Å². The lowest BCUT2D eigenvalue weighted by atomic mass is 9.97. The molecule has 3 heterocycles. The molecule has 0 atom stereocenters. The van der Waals surface area contributed by atoms with Gasteiger partial charge in [0.25, 0.3) is 0 Å². The van der Waals surface area contributed by atoms with Gasteiger partial charge in [0, 0.05) is 30.1 Å². The van der Waals surface area contributed by atoms with Gasteiger partial charge < -0.3 is 9.47 Å². The Morgan fingerprint density at radius 1 is 1.36 bits per heavy atom. The quantitative estimate of drug-likeness (QED) is 0.547. The summed E-state index contributed by atoms with van der Waals surface area (Å²) in [4.78, 5) is 19.3. The third-order valence-electron chi connectivity index (χ3n) is 4.98. The monoisotopic (exact) mass is 435 g/mol. The highest BCUT2D eigenvalue weighted by molar-refractivity contribution is 7.99. The van der Waals surface area contributed by atoms with Crippen molar-refractivity contribution < 1.29 is 4.79 Å². The Kier molecular flexibility index (Phi) is 5.89. The zero-order valence-electron chi connectivity index (χ0n) is 15.8. The number of likely N-dealkylation sites (tertiary alicyclic amines) is 1. The van der Waals surface area contributed by atoms with Gasteiger partial charge in [-0.05, 0) is 44.9 Å². The van der Waals surface area contributed by atoms with Gasteiger partial charge in [0.05, 0.1) is 21.0 Å². The van der Waals surface area contributed by atoms with Crippen molar-refractivity contribution in [1.82, 2.24) is 24.6 Å². The fourth-order valence-electron chi connectivity index (χ4n) is 3.38. The molecule has 1 aliphatic rings. The van der Waals surface area contributed by atoms with Gasteiger partial charge in [0.1, 0.15) is 6.33 Å². The molecule has 0 unspecified atom stereocenters. The summed E-state index contributed by atoms with van der Waals surface area (Å²) in [6, 6.07) is 6.14. The summed E-state index contributed by atoms with van der Waals surface area (Å²) < 4.78 is 3.16. The number of hydrogen-bond donors (Lipinski definition) is 0. The normalized spacial score (nSPS) is 15.6. The maximum absolute atomic E-state index is 12.6. The van der Waals surface area contributed by atoms with Crippen LogP contribution >= 0.6 is 34.7 Å². The van der Waals surface area contributed by atoms with Gasteiger partial charge in [-0.15, -0.1) is 21.5 Å². The number of piperidine rings is 1. The second-order valence-corrected chi connectivity index (χ2v) is 9.66. The average molecular weight is 436 g/mol. The van der Waals surface area contributed by atoms with Gasteiger partial charge in [0.15, 0.2) is 5.16 Å². The van der Waals surface area contributed by atoms with Crippen LogP contribution in [0.4, 0.5) is 0 Å². The molecular weight excluding hydrogens is 414 g/mol. The summed E-state index contributed by atoms with van der Waals surface area (Å²) in [5.74, 6) is 0.977. The number of halogens is 1. The van der Waals surface area contributed by atoms with E-state index < -0.39 is 0 Å². The molecule has 6 nitrogen and oxygen atoms in total. The van der Waals surface area contributed by atoms with Gasteiger partial charge in [-0.1, -0.05) is 23.4 Å². The van der Waals surface area contributed by atoms with Crippen LogP contribution in [0.5, 0.6) is 0 Å². The Bertz CT molecular complexity index is 978. The lowest BCUT2D eigenvalue weighted by molar-refractivity contribution is -0.129. The van der Waals surface area contributed by atoms with E-state index in [0.29, 0.717) is 11.7 Å². The molecule has 1 fully saturated rings. The number of nitrogens with zero attached hydrogens (tertiary/aromatic N) is 5. The summed E-state index contributed by atoms with van der Waals surface area (Å²) in [6.45, 7) is 5.71. The highest BCUT2D eigenvalue weighted by Crippen LogP contribution is 2.35. The largest absolute Gasteiger partial charge is 0.342 e. The van der Waals surface area contributed by atoms with Crippen molar-refractivity contribution in [2.45, 2.75) is 43.8 Å². The topological polar surface area (TPSA) is 63.9 Å². The first-order valence-electron chi connectivity index (χ1n) is 9.37. The number of hydrogen-bond acceptors (Lipinski definition) is 6. The smallest absolute Gasteiger partial charge is 0.233 e. The van der Waals surface area contributed by atoms with E-state index in [9.17, 15) is 4.79 Å². The number of rotatable bonds is 5. The molecule has 4 rings (SSSR count). The van der Waals surface area contributed by atoms with E-state index in [0.717, 1.165) is 46.6 Å². The molecule has 1 aromatic carbocycles. The van der Waals surface area contributed by atoms with Gasteiger partial charge in [0.2, 0.25) is 5.91 Å². The summed E-state index contributed by atoms with van der Waals surface area (Å²) in [5, 5.41) is 10.7. The van der Waals surface area contributed by atoms with Crippen LogP contribution in [0.1, 0.15) is 43.7 Å². The molecule has 148 valence electrons. The first-order valence-corrected chi connectivity index (χ1v) is 11.6. The first-order chi connectivity index (χ1) is 13.5. The molecule has 0 bridgehead atoms. The van der Waals surface area contributed by atoms with Crippen molar-refractivity contribution in [2.24, 2.45) is 0 Å². The van der Waals surface area contributed by atoms with Crippen LogP contribution in [0.25, 0.3) is 10.2 Å². The molecule has 0 saturated carbocycles. The van der Waals surface area contributed by atoms with Gasteiger partial charge in [-0.2, -0.15) is 0 Å². The molecule has 3 aromatic rings. The summed E-state index contributed by atoms with van der Waals surface area (Å²) in [7, 11) is 0. The molecule has 0 aliphatic carbocycles. The van der Waals surface area contributed by atoms with E-state index in [1.165, 1.54) is 16.5 Å². The highest BCUT2D eigenvalue weighted by Gasteiger charge is 2.26. The van der Waals surface area contributed by atoms with Gasteiger partial charge in [-0.3, -0.25) is 4.79 Å². The third kappa shape index (κ3) is 4.18. The fourth-order valence-corrected chi connectivity index (χ4v) is 5.61. The molecule has 0 radical (unpaired) electrons. The molecule has 1 saturated heterocycles. The molecule has 0 N–H and O–H groups in total. The van der Waals surface area contributed by atoms with E-state index in [1.54, 1.807) is 17.7 Å². The van der Waals surface area contributed by atoms with Crippen LogP contribution in [0.15, 0.2) is 29.7 Å². The Balaban J connectivity index is 1.33. The fraction of sp³-hybridized carbons (Fsp3) is 0.474. The first kappa shape index (κ1) is 19.7. The molecule has 2 aromatic heterocycles. The van der Waals surface area contributed by atoms with E-state index >= 15 is 0 Å². The number of fused-ring (bicyclic) bond motifs is 1. The minimum Gasteiger partial charge on any atom is -0.342 e. The average Bonchev–Trinajstić information content (AvgIpc) is 3.32. The number of thiazole rings is 1. The van der Waals surface area contributed by atoms with Crippen LogP contribution < -0.4 is 0 Å². The van der Waals surface area contributed by atoms with Crippen molar-refractivity contribution in [3.05, 3.63) is 34.6 Å². The predicted octanol–water partition coefficient (Wildman–Crippen LogP) is 4.62. The Morgan fingerprint density at radius 3 is 2.89 bits per heavy atom. The number of benzene rings is 1. The maximum Gasteiger partial charge on any atom is 0.233 e. The summed E-state index contributed by atoms with van der Waals surface area (Å²) >= 11 is 9.27. The molecule has 1 aliphatic heterocycles. The Morgan fingerprint density at radius 2 is 2.14 bits per heavy atom. The van der Waals surface area contributed by atoms with Crippen molar-refractivity contribution in [2.75, 3.05) is 18.8 Å². The lowest BCUT2D eigenvalue weighted by Gasteiger charge is -2.31. The second kappa shape index (κ2) is 8.39. The number of amides is 1. The lowest BCUT2D eigenvalue weighted by Crippen LogP contribution is -2.39. The van der Waals surface area contributed by atoms with Crippen LogP contribution in [0.2, 0.25) is 5.02 Å². The minimum atomic E-state index is 0.165. The van der Waals surface area contributed by atoms with Crippen molar-refractivity contribution in [3.8, 4) is 0 Å². The summed E-state index contributed by atoms with van der Waals surface area (Å²) in [6.07, 6.45) is 3.62. The summed E-state index contributed by atoms with van der Waals surface area (Å²) in [5.41, 5.74) is 0.969. The van der Waals surface area contributed by atoms with Crippen LogP contribution in [-0.2, 0) is 4.79 Å².